The Kier molecular flexibility index (Phi) is 3.32. The SMILES string of the molecule is CN1CCN(C(=O)C2C(C(=O)[S-])[C@H]3C=C[C@@H]2O3)CC1. The van der Waals surface area contributed by atoms with Crippen LogP contribution < -0.4 is 0 Å². The minimum atomic E-state index is -0.475. The van der Waals surface area contributed by atoms with Crippen LogP contribution in [-0.4, -0.2) is 66.3 Å². The fourth-order valence-electron chi connectivity index (χ4n) is 3.12. The lowest BCUT2D eigenvalue weighted by atomic mass is 9.82. The Morgan fingerprint density at radius 3 is 2.26 bits per heavy atom. The second-order valence-corrected chi connectivity index (χ2v) is 5.85. The van der Waals surface area contributed by atoms with Crippen LogP contribution in [0.25, 0.3) is 0 Å². The van der Waals surface area contributed by atoms with Crippen LogP contribution in [0.15, 0.2) is 12.2 Å². The van der Waals surface area contributed by atoms with Crippen molar-refractivity contribution in [3.63, 3.8) is 0 Å². The van der Waals surface area contributed by atoms with Gasteiger partial charge in [-0.1, -0.05) is 12.2 Å². The summed E-state index contributed by atoms with van der Waals surface area (Å²) >= 11 is 4.79. The molecule has 2 fully saturated rings. The van der Waals surface area contributed by atoms with Crippen molar-refractivity contribution in [3.8, 4) is 0 Å². The lowest BCUT2D eigenvalue weighted by Gasteiger charge is -2.36. The third-order valence-electron chi connectivity index (χ3n) is 4.27. The summed E-state index contributed by atoms with van der Waals surface area (Å²) in [5.74, 6) is -0.867. The van der Waals surface area contributed by atoms with E-state index in [4.69, 9.17) is 17.4 Å². The highest BCUT2D eigenvalue weighted by Crippen LogP contribution is 2.40. The van der Waals surface area contributed by atoms with Gasteiger partial charge >= 0.3 is 0 Å². The first-order chi connectivity index (χ1) is 9.08. The summed E-state index contributed by atoms with van der Waals surface area (Å²) in [5, 5.41) is -0.357. The highest BCUT2D eigenvalue weighted by Gasteiger charge is 2.51. The van der Waals surface area contributed by atoms with Gasteiger partial charge in [-0.25, -0.2) is 0 Å². The van der Waals surface area contributed by atoms with E-state index in [1.165, 1.54) is 0 Å². The fourth-order valence-corrected chi connectivity index (χ4v) is 3.40. The average Bonchev–Trinajstić information content (AvgIpc) is 2.98. The van der Waals surface area contributed by atoms with Gasteiger partial charge in [-0.15, -0.1) is 0 Å². The monoisotopic (exact) mass is 281 g/mol. The molecule has 3 rings (SSSR count). The first-order valence-corrected chi connectivity index (χ1v) is 7.01. The number of amides is 1. The van der Waals surface area contributed by atoms with Crippen molar-refractivity contribution in [2.24, 2.45) is 11.8 Å². The van der Waals surface area contributed by atoms with Gasteiger partial charge in [-0.3, -0.25) is 4.79 Å². The highest BCUT2D eigenvalue weighted by atomic mass is 32.1. The number of likely N-dealkylation sites (N-methyl/N-ethyl adjacent to an activating group) is 1. The number of piperazine rings is 1. The summed E-state index contributed by atoms with van der Waals surface area (Å²) in [7, 11) is 2.04. The molecular formula is C13H17N2O3S-. The van der Waals surface area contributed by atoms with Crippen molar-refractivity contribution >= 4 is 23.7 Å². The predicted octanol–water partition coefficient (Wildman–Crippen LogP) is -0.596. The smallest absolute Gasteiger partial charge is 0.229 e. The molecule has 0 aromatic heterocycles. The Bertz CT molecular complexity index is 432. The van der Waals surface area contributed by atoms with Crippen LogP contribution in [0.5, 0.6) is 0 Å². The number of nitrogens with zero attached hydrogens (tertiary/aromatic N) is 2. The lowest BCUT2D eigenvalue weighted by molar-refractivity contribution is -0.140. The summed E-state index contributed by atoms with van der Waals surface area (Å²) in [5.41, 5.74) is 0. The van der Waals surface area contributed by atoms with Crippen molar-refractivity contribution in [1.82, 2.24) is 9.80 Å². The first kappa shape index (κ1) is 13.0. The van der Waals surface area contributed by atoms with Gasteiger partial charge in [0.1, 0.15) is 0 Å². The van der Waals surface area contributed by atoms with Gasteiger partial charge in [0.25, 0.3) is 0 Å². The van der Waals surface area contributed by atoms with E-state index in [0.717, 1.165) is 13.1 Å². The second-order valence-electron chi connectivity index (χ2n) is 5.45. The summed E-state index contributed by atoms with van der Waals surface area (Å²) in [6, 6.07) is 0. The topological polar surface area (TPSA) is 49.9 Å². The average molecular weight is 281 g/mol. The minimum absolute atomic E-state index is 0.0214. The predicted molar refractivity (Wildman–Crippen MR) is 71.2 cm³/mol. The van der Waals surface area contributed by atoms with E-state index in [2.05, 4.69) is 4.90 Å². The third-order valence-corrected chi connectivity index (χ3v) is 4.54. The Morgan fingerprint density at radius 2 is 1.68 bits per heavy atom. The molecule has 0 N–H and O–H groups in total. The number of rotatable bonds is 2. The molecule has 3 aliphatic heterocycles. The van der Waals surface area contributed by atoms with E-state index in [0.29, 0.717) is 13.1 Å². The Morgan fingerprint density at radius 1 is 1.11 bits per heavy atom. The molecule has 0 saturated carbocycles. The van der Waals surface area contributed by atoms with Gasteiger partial charge in [-0.05, 0) is 7.05 Å². The Balaban J connectivity index is 1.75. The zero-order valence-corrected chi connectivity index (χ0v) is 11.6. The fraction of sp³-hybridized carbons (Fsp3) is 0.692. The van der Waals surface area contributed by atoms with Crippen molar-refractivity contribution in [2.45, 2.75) is 12.2 Å². The lowest BCUT2D eigenvalue weighted by Crippen LogP contribution is -2.52. The van der Waals surface area contributed by atoms with Crippen molar-refractivity contribution in [2.75, 3.05) is 33.2 Å². The van der Waals surface area contributed by atoms with Gasteiger partial charge in [0.2, 0.25) is 5.91 Å². The van der Waals surface area contributed by atoms with Crippen molar-refractivity contribution < 1.29 is 14.3 Å². The zero-order valence-electron chi connectivity index (χ0n) is 10.8. The normalized spacial score (nSPS) is 37.8. The van der Waals surface area contributed by atoms with Gasteiger partial charge in [0.15, 0.2) is 0 Å². The Labute approximate surface area is 118 Å². The molecule has 2 bridgehead atoms. The van der Waals surface area contributed by atoms with E-state index < -0.39 is 11.8 Å². The largest absolute Gasteiger partial charge is 0.742 e. The van der Waals surface area contributed by atoms with Crippen LogP contribution >= 0.6 is 0 Å². The molecule has 104 valence electrons. The maximum Gasteiger partial charge on any atom is 0.229 e. The molecule has 19 heavy (non-hydrogen) atoms. The van der Waals surface area contributed by atoms with Crippen LogP contribution in [-0.2, 0) is 27.0 Å². The number of carbonyl (C=O) groups excluding carboxylic acids is 2. The molecule has 5 nitrogen and oxygen atoms in total. The number of carbonyl (C=O) groups is 2. The molecule has 0 radical (unpaired) electrons. The van der Waals surface area contributed by atoms with Crippen LogP contribution in [0.1, 0.15) is 0 Å². The minimum Gasteiger partial charge on any atom is -0.742 e. The van der Waals surface area contributed by atoms with E-state index in [1.807, 2.05) is 24.1 Å². The standard InChI is InChI=1S/C13H18N2O3S/c1-14-4-6-15(7-5-14)12(16)10-8-2-3-9(18-8)11(10)13(17)19/h2-3,8-11H,4-7H2,1H3,(H,17,19)/p-1/t8-,9+,10?,11?/m0/s1. The Hall–Kier alpha value is -0.980. The number of hydrogen-bond donors (Lipinski definition) is 0. The van der Waals surface area contributed by atoms with E-state index in [9.17, 15) is 9.59 Å². The van der Waals surface area contributed by atoms with Crippen LogP contribution in [0.2, 0.25) is 0 Å². The van der Waals surface area contributed by atoms with Crippen LogP contribution in [0.4, 0.5) is 0 Å². The van der Waals surface area contributed by atoms with Crippen molar-refractivity contribution in [1.29, 1.82) is 0 Å². The quantitative estimate of drug-likeness (QED) is 0.500. The van der Waals surface area contributed by atoms with E-state index in [-0.39, 0.29) is 23.2 Å². The molecule has 6 heteroatoms. The van der Waals surface area contributed by atoms with Crippen molar-refractivity contribution in [3.05, 3.63) is 12.2 Å². The first-order valence-electron chi connectivity index (χ1n) is 6.60. The van der Waals surface area contributed by atoms with Crippen LogP contribution in [0.3, 0.4) is 0 Å². The second kappa shape index (κ2) is 4.85. The highest BCUT2D eigenvalue weighted by molar-refractivity contribution is 7.77. The molecule has 1 amide bonds. The number of ether oxygens (including phenoxy) is 1. The van der Waals surface area contributed by atoms with Gasteiger partial charge in [-0.2, -0.15) is 0 Å². The van der Waals surface area contributed by atoms with Crippen LogP contribution in [0, 0.1) is 11.8 Å². The molecule has 2 saturated heterocycles. The third kappa shape index (κ3) is 2.17. The molecule has 0 spiro atoms. The summed E-state index contributed by atoms with van der Waals surface area (Å²) in [6.07, 6.45) is 3.18. The van der Waals surface area contributed by atoms with Gasteiger partial charge in [0.05, 0.1) is 18.1 Å². The van der Waals surface area contributed by atoms with Gasteiger partial charge < -0.3 is 32.0 Å². The molecule has 0 aromatic carbocycles. The maximum absolute atomic E-state index is 12.6. The maximum atomic E-state index is 12.6. The molecule has 2 unspecified atom stereocenters. The molecule has 0 aromatic rings. The summed E-state index contributed by atoms with van der Waals surface area (Å²) < 4.78 is 5.64. The molecule has 3 heterocycles. The zero-order chi connectivity index (χ0) is 13.6. The molecule has 3 aliphatic rings. The van der Waals surface area contributed by atoms with E-state index in [1.54, 1.807) is 0 Å². The van der Waals surface area contributed by atoms with Gasteiger partial charge in [0, 0.05) is 37.2 Å². The molecule has 4 atom stereocenters. The molecular weight excluding hydrogens is 264 g/mol. The molecule has 0 aliphatic carbocycles. The number of hydrogen-bond acceptors (Lipinski definition) is 5. The van der Waals surface area contributed by atoms with E-state index >= 15 is 0 Å². The number of fused-ring (bicyclic) bond motifs is 2. The summed E-state index contributed by atoms with van der Waals surface area (Å²) in [4.78, 5) is 28.2. The summed E-state index contributed by atoms with van der Waals surface area (Å²) in [6.45, 7) is 3.17.